The molecule has 0 saturated heterocycles. The number of methoxy groups -OCH3 is 3. The predicted molar refractivity (Wildman–Crippen MR) is 76.8 cm³/mol. The maximum Gasteiger partial charge on any atom is 0.331 e. The van der Waals surface area contributed by atoms with Crippen LogP contribution in [0.3, 0.4) is 0 Å². The van der Waals surface area contributed by atoms with Gasteiger partial charge in [-0.3, -0.25) is 4.79 Å². The van der Waals surface area contributed by atoms with Crippen LogP contribution in [0.2, 0.25) is 0 Å². The lowest BCUT2D eigenvalue weighted by Crippen LogP contribution is -2.08. The summed E-state index contributed by atoms with van der Waals surface area (Å²) in [5.74, 6) is 0.714. The van der Waals surface area contributed by atoms with Crippen molar-refractivity contribution in [3.63, 3.8) is 0 Å². The first-order valence-corrected chi connectivity index (χ1v) is 6.16. The molecule has 0 spiro atoms. The minimum atomic E-state index is -0.609. The van der Waals surface area contributed by atoms with Gasteiger partial charge in [0.05, 0.1) is 21.3 Å². The summed E-state index contributed by atoms with van der Waals surface area (Å²) in [6.07, 6.45) is 2.73. The number of hydrogen-bond donors (Lipinski definition) is 0. The Labute approximate surface area is 123 Å². The number of esters is 1. The van der Waals surface area contributed by atoms with Crippen LogP contribution in [0.15, 0.2) is 18.2 Å². The number of Topliss-reactive ketones (excluding diaryl/α,β-unsaturated/α-hetero) is 1. The van der Waals surface area contributed by atoms with Gasteiger partial charge in [0.1, 0.15) is 12.4 Å². The largest absolute Gasteiger partial charge is 0.496 e. The van der Waals surface area contributed by atoms with E-state index in [1.54, 1.807) is 12.1 Å². The summed E-state index contributed by atoms with van der Waals surface area (Å²) in [7, 11) is 4.54. The molecular formula is C15H18O6. The highest BCUT2D eigenvalue weighted by Gasteiger charge is 2.10. The van der Waals surface area contributed by atoms with Gasteiger partial charge in [-0.05, 0) is 19.1 Å². The van der Waals surface area contributed by atoms with Gasteiger partial charge in [-0.1, -0.05) is 0 Å². The van der Waals surface area contributed by atoms with Crippen LogP contribution in [-0.2, 0) is 14.3 Å². The third kappa shape index (κ3) is 4.83. The molecule has 0 aliphatic heterocycles. The summed E-state index contributed by atoms with van der Waals surface area (Å²) in [5.41, 5.74) is 0.620. The van der Waals surface area contributed by atoms with E-state index in [-0.39, 0.29) is 12.4 Å². The SMILES string of the molecule is COc1cc(OC)c(OC)cc1/C=C/C(=O)OCC(C)=O. The fourth-order valence-electron chi connectivity index (χ4n) is 1.56. The fraction of sp³-hybridized carbons (Fsp3) is 0.333. The Morgan fingerprint density at radius 2 is 1.57 bits per heavy atom. The number of ketones is 1. The van der Waals surface area contributed by atoms with E-state index in [1.807, 2.05) is 0 Å². The molecule has 0 aromatic heterocycles. The minimum Gasteiger partial charge on any atom is -0.496 e. The monoisotopic (exact) mass is 294 g/mol. The van der Waals surface area contributed by atoms with E-state index in [4.69, 9.17) is 18.9 Å². The molecule has 1 aromatic rings. The van der Waals surface area contributed by atoms with E-state index in [0.29, 0.717) is 22.8 Å². The van der Waals surface area contributed by atoms with E-state index >= 15 is 0 Å². The zero-order valence-electron chi connectivity index (χ0n) is 12.5. The van der Waals surface area contributed by atoms with Gasteiger partial charge in [-0.25, -0.2) is 4.79 Å². The number of rotatable bonds is 7. The van der Waals surface area contributed by atoms with Crippen LogP contribution < -0.4 is 14.2 Å². The Morgan fingerprint density at radius 1 is 1.00 bits per heavy atom. The number of ether oxygens (including phenoxy) is 4. The predicted octanol–water partition coefficient (Wildman–Crippen LogP) is 1.86. The molecule has 6 heteroatoms. The highest BCUT2D eigenvalue weighted by Crippen LogP contribution is 2.35. The summed E-state index contributed by atoms with van der Waals surface area (Å²) in [6, 6.07) is 3.33. The number of carbonyl (C=O) groups is 2. The van der Waals surface area contributed by atoms with Crippen LogP contribution in [0, 0.1) is 0 Å². The number of benzene rings is 1. The van der Waals surface area contributed by atoms with Gasteiger partial charge in [-0.15, -0.1) is 0 Å². The number of carbonyl (C=O) groups excluding carboxylic acids is 2. The zero-order valence-corrected chi connectivity index (χ0v) is 12.5. The topological polar surface area (TPSA) is 71.1 Å². The molecule has 0 radical (unpaired) electrons. The molecule has 0 atom stereocenters. The molecule has 0 unspecified atom stereocenters. The minimum absolute atomic E-state index is 0.222. The molecule has 1 aromatic carbocycles. The first-order chi connectivity index (χ1) is 10.0. The third-order valence-corrected chi connectivity index (χ3v) is 2.55. The lowest BCUT2D eigenvalue weighted by atomic mass is 10.1. The number of hydrogen-bond acceptors (Lipinski definition) is 6. The zero-order chi connectivity index (χ0) is 15.8. The molecule has 0 fully saturated rings. The van der Waals surface area contributed by atoms with Crippen molar-refractivity contribution in [2.45, 2.75) is 6.92 Å². The highest BCUT2D eigenvalue weighted by atomic mass is 16.5. The maximum absolute atomic E-state index is 11.4. The van der Waals surface area contributed by atoms with Crippen LogP contribution in [-0.4, -0.2) is 39.7 Å². The van der Waals surface area contributed by atoms with Gasteiger partial charge in [0.2, 0.25) is 0 Å². The summed E-state index contributed by atoms with van der Waals surface area (Å²) in [4.78, 5) is 22.2. The van der Waals surface area contributed by atoms with Crippen LogP contribution in [0.4, 0.5) is 0 Å². The van der Waals surface area contributed by atoms with Crippen molar-refractivity contribution < 1.29 is 28.5 Å². The van der Waals surface area contributed by atoms with Crippen molar-refractivity contribution in [1.82, 2.24) is 0 Å². The van der Waals surface area contributed by atoms with Crippen LogP contribution in [0.1, 0.15) is 12.5 Å². The van der Waals surface area contributed by atoms with Gasteiger partial charge < -0.3 is 18.9 Å². The molecule has 6 nitrogen and oxygen atoms in total. The molecule has 0 aliphatic carbocycles. The van der Waals surface area contributed by atoms with E-state index in [0.717, 1.165) is 0 Å². The average molecular weight is 294 g/mol. The Balaban J connectivity index is 2.95. The fourth-order valence-corrected chi connectivity index (χ4v) is 1.56. The molecule has 0 saturated carbocycles. The molecular weight excluding hydrogens is 276 g/mol. The van der Waals surface area contributed by atoms with E-state index in [9.17, 15) is 9.59 Å². The van der Waals surface area contributed by atoms with Gasteiger partial charge in [-0.2, -0.15) is 0 Å². The van der Waals surface area contributed by atoms with Crippen LogP contribution in [0.25, 0.3) is 6.08 Å². The smallest absolute Gasteiger partial charge is 0.331 e. The summed E-state index contributed by atoms with van der Waals surface area (Å²) < 4.78 is 20.3. The Morgan fingerprint density at radius 3 is 2.10 bits per heavy atom. The highest BCUT2D eigenvalue weighted by molar-refractivity contribution is 5.89. The molecule has 0 bridgehead atoms. The van der Waals surface area contributed by atoms with E-state index in [2.05, 4.69) is 0 Å². The Bertz CT molecular complexity index is 547. The quantitative estimate of drug-likeness (QED) is 0.564. The second kappa shape index (κ2) is 7.94. The van der Waals surface area contributed by atoms with Gasteiger partial charge in [0, 0.05) is 17.7 Å². The third-order valence-electron chi connectivity index (χ3n) is 2.55. The normalized spacial score (nSPS) is 10.3. The van der Waals surface area contributed by atoms with E-state index < -0.39 is 5.97 Å². The van der Waals surface area contributed by atoms with Crippen molar-refractivity contribution in [2.75, 3.05) is 27.9 Å². The lowest BCUT2D eigenvalue weighted by molar-refractivity contribution is -0.142. The molecule has 0 heterocycles. The first kappa shape index (κ1) is 16.6. The maximum atomic E-state index is 11.4. The summed E-state index contributed by atoms with van der Waals surface area (Å²) >= 11 is 0. The molecule has 21 heavy (non-hydrogen) atoms. The lowest BCUT2D eigenvalue weighted by Gasteiger charge is -2.12. The summed E-state index contributed by atoms with van der Waals surface area (Å²) in [5, 5.41) is 0. The standard InChI is InChI=1S/C15H18O6/c1-10(16)9-21-15(17)6-5-11-7-13(19-3)14(20-4)8-12(11)18-2/h5-8H,9H2,1-4H3/b6-5+. The van der Waals surface area contributed by atoms with E-state index in [1.165, 1.54) is 40.4 Å². The molecule has 0 aliphatic rings. The van der Waals surface area contributed by atoms with Gasteiger partial charge >= 0.3 is 5.97 Å². The average Bonchev–Trinajstić information content (AvgIpc) is 2.49. The van der Waals surface area contributed by atoms with Crippen LogP contribution >= 0.6 is 0 Å². The van der Waals surface area contributed by atoms with Crippen molar-refractivity contribution in [1.29, 1.82) is 0 Å². The molecule has 0 amide bonds. The van der Waals surface area contributed by atoms with Crippen molar-refractivity contribution in [2.24, 2.45) is 0 Å². The first-order valence-electron chi connectivity index (χ1n) is 6.16. The second-order valence-corrected chi connectivity index (χ2v) is 4.09. The van der Waals surface area contributed by atoms with Crippen LogP contribution in [0.5, 0.6) is 17.2 Å². The second-order valence-electron chi connectivity index (χ2n) is 4.09. The van der Waals surface area contributed by atoms with Crippen molar-refractivity contribution in [3.05, 3.63) is 23.8 Å². The molecule has 0 N–H and O–H groups in total. The van der Waals surface area contributed by atoms with Gasteiger partial charge in [0.15, 0.2) is 17.3 Å². The Hall–Kier alpha value is -2.50. The van der Waals surface area contributed by atoms with Gasteiger partial charge in [0.25, 0.3) is 0 Å². The molecule has 114 valence electrons. The van der Waals surface area contributed by atoms with Crippen molar-refractivity contribution in [3.8, 4) is 17.2 Å². The summed E-state index contributed by atoms with van der Waals surface area (Å²) in [6.45, 7) is 1.10. The van der Waals surface area contributed by atoms with Crippen molar-refractivity contribution >= 4 is 17.8 Å². The molecule has 1 rings (SSSR count). The Kier molecular flexibility index (Phi) is 6.26.